The monoisotopic (exact) mass is 228 g/mol. The Labute approximate surface area is 94.1 Å². The summed E-state index contributed by atoms with van der Waals surface area (Å²) in [6.07, 6.45) is -0.206. The standard InChI is InChI=1S/C11H16O5/c1-4-15-10(14)11(9(13)7(2)3)5-8(12)16-6-11/h7H,4-6H2,1-3H3. The number of esters is 2. The molecule has 1 unspecified atom stereocenters. The molecule has 0 amide bonds. The van der Waals surface area contributed by atoms with Gasteiger partial charge in [-0.05, 0) is 6.92 Å². The molecular weight excluding hydrogens is 212 g/mol. The van der Waals surface area contributed by atoms with Crippen molar-refractivity contribution in [3.8, 4) is 0 Å². The summed E-state index contributed by atoms with van der Waals surface area (Å²) < 4.78 is 9.60. The molecule has 1 aliphatic heterocycles. The van der Waals surface area contributed by atoms with Crippen molar-refractivity contribution in [2.75, 3.05) is 13.2 Å². The molecule has 1 saturated heterocycles. The largest absolute Gasteiger partial charge is 0.465 e. The van der Waals surface area contributed by atoms with Gasteiger partial charge in [0.1, 0.15) is 6.61 Å². The quantitative estimate of drug-likeness (QED) is 0.523. The number of carbonyl (C=O) groups excluding carboxylic acids is 3. The van der Waals surface area contributed by atoms with Crippen LogP contribution < -0.4 is 0 Å². The molecule has 0 bridgehead atoms. The van der Waals surface area contributed by atoms with Gasteiger partial charge in [-0.3, -0.25) is 14.4 Å². The third-order valence-electron chi connectivity index (χ3n) is 2.59. The SMILES string of the molecule is CCOC(=O)C1(C(=O)C(C)C)COC(=O)C1. The molecule has 1 aliphatic rings. The fraction of sp³-hybridized carbons (Fsp3) is 0.727. The maximum Gasteiger partial charge on any atom is 0.323 e. The van der Waals surface area contributed by atoms with Crippen molar-refractivity contribution in [3.05, 3.63) is 0 Å². The van der Waals surface area contributed by atoms with Crippen molar-refractivity contribution in [1.82, 2.24) is 0 Å². The first kappa shape index (κ1) is 12.7. The Morgan fingerprint density at radius 1 is 1.50 bits per heavy atom. The summed E-state index contributed by atoms with van der Waals surface area (Å²) in [5.41, 5.74) is -1.42. The van der Waals surface area contributed by atoms with Gasteiger partial charge in [0, 0.05) is 5.92 Å². The van der Waals surface area contributed by atoms with Crippen molar-refractivity contribution in [1.29, 1.82) is 0 Å². The number of ketones is 1. The fourth-order valence-electron chi connectivity index (χ4n) is 1.76. The van der Waals surface area contributed by atoms with E-state index in [1.165, 1.54) is 0 Å². The van der Waals surface area contributed by atoms with Crippen LogP contribution in [0.5, 0.6) is 0 Å². The van der Waals surface area contributed by atoms with Gasteiger partial charge in [0.05, 0.1) is 13.0 Å². The average molecular weight is 228 g/mol. The van der Waals surface area contributed by atoms with Gasteiger partial charge in [-0.25, -0.2) is 0 Å². The number of carbonyl (C=O) groups is 3. The van der Waals surface area contributed by atoms with E-state index in [4.69, 9.17) is 9.47 Å². The lowest BCUT2D eigenvalue weighted by molar-refractivity contribution is -0.161. The van der Waals surface area contributed by atoms with Gasteiger partial charge in [0.25, 0.3) is 0 Å². The molecule has 0 spiro atoms. The van der Waals surface area contributed by atoms with E-state index < -0.39 is 17.4 Å². The lowest BCUT2D eigenvalue weighted by Gasteiger charge is -2.23. The molecule has 5 nitrogen and oxygen atoms in total. The minimum Gasteiger partial charge on any atom is -0.465 e. The molecular formula is C11H16O5. The van der Waals surface area contributed by atoms with Crippen LogP contribution in [0.2, 0.25) is 0 Å². The highest BCUT2D eigenvalue weighted by molar-refractivity contribution is 6.08. The zero-order chi connectivity index (χ0) is 12.3. The second-order valence-corrected chi connectivity index (χ2v) is 4.16. The van der Waals surface area contributed by atoms with Crippen molar-refractivity contribution >= 4 is 17.7 Å². The summed E-state index contributed by atoms with van der Waals surface area (Å²) in [6.45, 7) is 5.02. The molecule has 16 heavy (non-hydrogen) atoms. The first-order valence-corrected chi connectivity index (χ1v) is 5.31. The lowest BCUT2D eigenvalue weighted by atomic mass is 9.78. The summed E-state index contributed by atoms with van der Waals surface area (Å²) in [6, 6.07) is 0. The van der Waals surface area contributed by atoms with Crippen LogP contribution >= 0.6 is 0 Å². The first-order valence-electron chi connectivity index (χ1n) is 5.31. The van der Waals surface area contributed by atoms with Crippen molar-refractivity contribution in [2.24, 2.45) is 11.3 Å². The zero-order valence-electron chi connectivity index (χ0n) is 9.74. The molecule has 90 valence electrons. The number of rotatable bonds is 4. The van der Waals surface area contributed by atoms with Gasteiger partial charge >= 0.3 is 11.9 Å². The Morgan fingerprint density at radius 3 is 2.50 bits per heavy atom. The van der Waals surface area contributed by atoms with Crippen LogP contribution in [0.4, 0.5) is 0 Å². The summed E-state index contributed by atoms with van der Waals surface area (Å²) >= 11 is 0. The normalized spacial score (nSPS) is 24.4. The van der Waals surface area contributed by atoms with Crippen LogP contribution in [0.15, 0.2) is 0 Å². The van der Waals surface area contributed by atoms with E-state index in [2.05, 4.69) is 0 Å². The predicted molar refractivity (Wildman–Crippen MR) is 54.5 cm³/mol. The van der Waals surface area contributed by atoms with Crippen molar-refractivity contribution in [2.45, 2.75) is 27.2 Å². The smallest absolute Gasteiger partial charge is 0.323 e. The van der Waals surface area contributed by atoms with Crippen LogP contribution in [0.25, 0.3) is 0 Å². The predicted octanol–water partition coefficient (Wildman–Crippen LogP) is 0.708. The summed E-state index contributed by atoms with van der Waals surface area (Å²) in [5.74, 6) is -1.81. The van der Waals surface area contributed by atoms with Crippen LogP contribution in [0.3, 0.4) is 0 Å². The fourth-order valence-corrected chi connectivity index (χ4v) is 1.76. The van der Waals surface area contributed by atoms with Crippen molar-refractivity contribution in [3.63, 3.8) is 0 Å². The Kier molecular flexibility index (Phi) is 3.67. The number of hydrogen-bond acceptors (Lipinski definition) is 5. The molecule has 1 atom stereocenters. The molecule has 1 fully saturated rings. The highest BCUT2D eigenvalue weighted by Crippen LogP contribution is 2.34. The summed E-state index contributed by atoms with van der Waals surface area (Å²) in [5, 5.41) is 0. The molecule has 0 aromatic rings. The average Bonchev–Trinajstić information content (AvgIpc) is 2.61. The molecule has 0 aliphatic carbocycles. The van der Waals surface area contributed by atoms with E-state index in [9.17, 15) is 14.4 Å². The number of cyclic esters (lactones) is 1. The van der Waals surface area contributed by atoms with Gasteiger partial charge in [-0.15, -0.1) is 0 Å². The van der Waals surface area contributed by atoms with Gasteiger partial charge in [0.15, 0.2) is 11.2 Å². The van der Waals surface area contributed by atoms with E-state index in [-0.39, 0.29) is 31.3 Å². The number of hydrogen-bond donors (Lipinski definition) is 0. The maximum absolute atomic E-state index is 12.0. The van der Waals surface area contributed by atoms with Gasteiger partial charge in [0.2, 0.25) is 0 Å². The van der Waals surface area contributed by atoms with E-state index >= 15 is 0 Å². The van der Waals surface area contributed by atoms with Crippen LogP contribution in [-0.2, 0) is 23.9 Å². The Bertz CT molecular complexity index is 320. The second kappa shape index (κ2) is 4.63. The Balaban J connectivity index is 2.98. The molecule has 0 saturated carbocycles. The summed E-state index contributed by atoms with van der Waals surface area (Å²) in [4.78, 5) is 34.9. The van der Waals surface area contributed by atoms with Gasteiger partial charge in [-0.1, -0.05) is 13.8 Å². The lowest BCUT2D eigenvalue weighted by Crippen LogP contribution is -2.43. The minimum atomic E-state index is -1.42. The first-order chi connectivity index (χ1) is 7.44. The number of Topliss-reactive ketones (excluding diaryl/α,β-unsaturated/α-hetero) is 1. The van der Waals surface area contributed by atoms with Gasteiger partial charge in [-0.2, -0.15) is 0 Å². The number of ether oxygens (including phenoxy) is 2. The van der Waals surface area contributed by atoms with Crippen LogP contribution in [-0.4, -0.2) is 30.9 Å². The molecule has 0 N–H and O–H groups in total. The van der Waals surface area contributed by atoms with E-state index in [0.717, 1.165) is 0 Å². The minimum absolute atomic E-state index is 0.181. The van der Waals surface area contributed by atoms with Crippen molar-refractivity contribution < 1.29 is 23.9 Å². The second-order valence-electron chi connectivity index (χ2n) is 4.16. The molecule has 0 aromatic heterocycles. The Morgan fingerprint density at radius 2 is 2.12 bits per heavy atom. The van der Waals surface area contributed by atoms with E-state index in [1.807, 2.05) is 0 Å². The Hall–Kier alpha value is -1.39. The highest BCUT2D eigenvalue weighted by Gasteiger charge is 2.54. The molecule has 0 aromatic carbocycles. The topological polar surface area (TPSA) is 69.7 Å². The summed E-state index contributed by atoms with van der Waals surface area (Å²) in [7, 11) is 0. The van der Waals surface area contributed by atoms with Crippen LogP contribution in [0, 0.1) is 11.3 Å². The van der Waals surface area contributed by atoms with E-state index in [0.29, 0.717) is 0 Å². The third kappa shape index (κ3) is 2.08. The highest BCUT2D eigenvalue weighted by atomic mass is 16.6. The molecule has 0 radical (unpaired) electrons. The molecule has 5 heteroatoms. The maximum atomic E-state index is 12.0. The zero-order valence-corrected chi connectivity index (χ0v) is 9.74. The van der Waals surface area contributed by atoms with Gasteiger partial charge < -0.3 is 9.47 Å². The third-order valence-corrected chi connectivity index (χ3v) is 2.59. The molecule has 1 heterocycles. The van der Waals surface area contributed by atoms with E-state index in [1.54, 1.807) is 20.8 Å². The molecule has 1 rings (SSSR count). The van der Waals surface area contributed by atoms with Crippen LogP contribution in [0.1, 0.15) is 27.2 Å².